The molecule has 0 aliphatic carbocycles. The highest BCUT2D eigenvalue weighted by molar-refractivity contribution is 6.29. The van der Waals surface area contributed by atoms with Crippen molar-refractivity contribution in [2.24, 2.45) is 0 Å². The largest absolute Gasteiger partial charge is 0.456 e. The molecular formula is C57H29F9N2O2. The maximum atomic E-state index is 17.4. The van der Waals surface area contributed by atoms with Crippen molar-refractivity contribution in [2.45, 2.75) is 18.5 Å². The van der Waals surface area contributed by atoms with Gasteiger partial charge in [-0.3, -0.25) is 0 Å². The summed E-state index contributed by atoms with van der Waals surface area (Å²) < 4.78 is 156. The van der Waals surface area contributed by atoms with Crippen LogP contribution < -0.4 is 0 Å². The molecule has 0 N–H and O–H groups in total. The monoisotopic (exact) mass is 944 g/mol. The summed E-state index contributed by atoms with van der Waals surface area (Å²) in [5.41, 5.74) is -2.78. The minimum Gasteiger partial charge on any atom is -0.456 e. The van der Waals surface area contributed by atoms with Gasteiger partial charge in [0, 0.05) is 54.2 Å². The zero-order valence-corrected chi connectivity index (χ0v) is 35.9. The van der Waals surface area contributed by atoms with E-state index in [9.17, 15) is 26.3 Å². The van der Waals surface area contributed by atoms with Crippen LogP contribution in [-0.2, 0) is 18.5 Å². The summed E-state index contributed by atoms with van der Waals surface area (Å²) in [7, 11) is 0. The Bertz CT molecular complexity index is 4070. The summed E-state index contributed by atoms with van der Waals surface area (Å²) in [6.07, 6.45) is -15.2. The van der Waals surface area contributed by atoms with Crippen LogP contribution in [-0.4, -0.2) is 9.13 Å². The minimum atomic E-state index is -5.35. The third-order valence-electron chi connectivity index (χ3n) is 13.4. The van der Waals surface area contributed by atoms with Crippen molar-refractivity contribution in [3.63, 3.8) is 0 Å². The van der Waals surface area contributed by atoms with Gasteiger partial charge in [0.2, 0.25) is 0 Å². The molecule has 13 heteroatoms. The third-order valence-corrected chi connectivity index (χ3v) is 13.4. The van der Waals surface area contributed by atoms with Crippen molar-refractivity contribution in [1.29, 1.82) is 0 Å². The summed E-state index contributed by atoms with van der Waals surface area (Å²) in [5.74, 6) is 0. The Balaban J connectivity index is 1.30. The lowest BCUT2D eigenvalue weighted by Crippen LogP contribution is -2.18. The van der Waals surface area contributed by atoms with Crippen LogP contribution in [0.1, 0.15) is 16.7 Å². The molecule has 9 aromatic carbocycles. The van der Waals surface area contributed by atoms with Gasteiger partial charge in [0.25, 0.3) is 0 Å². The van der Waals surface area contributed by atoms with Gasteiger partial charge in [-0.15, -0.1) is 0 Å². The zero-order valence-electron chi connectivity index (χ0n) is 35.9. The average molecular weight is 945 g/mol. The Hall–Kier alpha value is -8.45. The Morgan fingerprint density at radius 1 is 0.314 bits per heavy atom. The van der Waals surface area contributed by atoms with E-state index in [2.05, 4.69) is 0 Å². The van der Waals surface area contributed by atoms with E-state index in [0.717, 1.165) is 36.4 Å². The van der Waals surface area contributed by atoms with E-state index in [1.165, 1.54) is 27.3 Å². The number of hydrogen-bond acceptors (Lipinski definition) is 2. The number of fused-ring (bicyclic) bond motifs is 14. The highest BCUT2D eigenvalue weighted by Gasteiger charge is 2.43. The van der Waals surface area contributed by atoms with Crippen molar-refractivity contribution in [1.82, 2.24) is 9.13 Å². The number of furan rings is 2. The molecule has 0 bridgehead atoms. The van der Waals surface area contributed by atoms with Crippen molar-refractivity contribution in [3.8, 4) is 33.6 Å². The number of nitrogens with zero attached hydrogens (tertiary/aromatic N) is 2. The zero-order chi connectivity index (χ0) is 48.0. The van der Waals surface area contributed by atoms with Gasteiger partial charge in [0.05, 0.1) is 44.6 Å². The van der Waals surface area contributed by atoms with Gasteiger partial charge in [0.1, 0.15) is 27.9 Å². The van der Waals surface area contributed by atoms with E-state index in [1.54, 1.807) is 97.1 Å². The van der Waals surface area contributed by atoms with Crippen molar-refractivity contribution >= 4 is 87.5 Å². The molecule has 0 saturated carbocycles. The molecule has 13 rings (SSSR count). The number of alkyl halides is 9. The first kappa shape index (κ1) is 41.7. The van der Waals surface area contributed by atoms with Gasteiger partial charge in [-0.25, -0.2) is 0 Å². The number of hydrogen-bond donors (Lipinski definition) is 0. The first-order valence-electron chi connectivity index (χ1n) is 22.0. The number of para-hydroxylation sites is 4. The predicted molar refractivity (Wildman–Crippen MR) is 256 cm³/mol. The van der Waals surface area contributed by atoms with E-state index in [0.29, 0.717) is 65.4 Å². The topological polar surface area (TPSA) is 36.1 Å². The Morgan fingerprint density at radius 2 is 0.714 bits per heavy atom. The van der Waals surface area contributed by atoms with Crippen LogP contribution in [0.5, 0.6) is 0 Å². The molecule has 0 unspecified atom stereocenters. The molecule has 342 valence electrons. The minimum absolute atomic E-state index is 0.260. The van der Waals surface area contributed by atoms with Crippen LogP contribution in [0, 0.1) is 0 Å². The normalized spacial score (nSPS) is 12.9. The van der Waals surface area contributed by atoms with Crippen molar-refractivity contribution in [2.75, 3.05) is 0 Å². The number of halogens is 9. The number of benzene rings is 9. The van der Waals surface area contributed by atoms with Crippen LogP contribution in [0.15, 0.2) is 185 Å². The SMILES string of the molecule is FC(F)(F)c1cccc(-c2cc(-c3cccc(C(F)(F)F)c3)c(-n3c4ccccc4c4c5c(ccc43)oc3ccccc35)c(C(F)(F)F)c2-n2c3ccccc3c3c4c(ccc32)oc2ccccc24)c1. The molecule has 4 heterocycles. The fourth-order valence-corrected chi connectivity index (χ4v) is 10.6. The van der Waals surface area contributed by atoms with Gasteiger partial charge >= 0.3 is 18.5 Å². The maximum Gasteiger partial charge on any atom is 0.420 e. The van der Waals surface area contributed by atoms with E-state index < -0.39 is 46.6 Å². The first-order valence-corrected chi connectivity index (χ1v) is 22.0. The molecule has 0 saturated heterocycles. The third kappa shape index (κ3) is 6.06. The second-order valence-corrected chi connectivity index (χ2v) is 17.3. The lowest BCUT2D eigenvalue weighted by molar-refractivity contribution is -0.138. The lowest BCUT2D eigenvalue weighted by Gasteiger charge is -2.27. The summed E-state index contributed by atoms with van der Waals surface area (Å²) >= 11 is 0. The van der Waals surface area contributed by atoms with Gasteiger partial charge < -0.3 is 18.0 Å². The molecule has 0 radical (unpaired) electrons. The van der Waals surface area contributed by atoms with E-state index >= 15 is 13.2 Å². The quantitative estimate of drug-likeness (QED) is 0.165. The van der Waals surface area contributed by atoms with E-state index in [1.807, 2.05) is 24.3 Å². The summed E-state index contributed by atoms with van der Waals surface area (Å²) in [5, 5.41) is 4.67. The van der Waals surface area contributed by atoms with Gasteiger partial charge in [-0.2, -0.15) is 39.5 Å². The van der Waals surface area contributed by atoms with Gasteiger partial charge in [-0.1, -0.05) is 97.1 Å². The van der Waals surface area contributed by atoms with Crippen LogP contribution in [0.2, 0.25) is 0 Å². The average Bonchev–Trinajstić information content (AvgIpc) is 4.10. The molecule has 4 aromatic heterocycles. The molecule has 0 aliphatic rings. The molecule has 0 aliphatic heterocycles. The molecular weight excluding hydrogens is 916 g/mol. The Morgan fingerprint density at radius 3 is 1.13 bits per heavy atom. The summed E-state index contributed by atoms with van der Waals surface area (Å²) in [4.78, 5) is 0. The fourth-order valence-electron chi connectivity index (χ4n) is 10.6. The Kier molecular flexibility index (Phi) is 8.66. The molecule has 70 heavy (non-hydrogen) atoms. The van der Waals surface area contributed by atoms with E-state index in [4.69, 9.17) is 8.83 Å². The highest BCUT2D eigenvalue weighted by atomic mass is 19.4. The number of aromatic nitrogens is 2. The molecule has 0 amide bonds. The summed E-state index contributed by atoms with van der Waals surface area (Å²) in [6, 6.07) is 43.8. The maximum absolute atomic E-state index is 17.4. The van der Waals surface area contributed by atoms with Gasteiger partial charge in [-0.05, 0) is 90.0 Å². The fraction of sp³-hybridized carbons (Fsp3) is 0.0526. The molecule has 4 nitrogen and oxygen atoms in total. The Labute approximate surface area is 388 Å². The standard InChI is InChI=1S/C57H29F9N2O2/c58-55(59,60)32-13-9-11-30(27-32)38-29-39(31-12-10-14-33(28-31)56(61,62)63)54(68-41-20-6-2-16-35(41)49-43(68)24-26-47-51(49)37-18-4-8-22-45(37)70-47)52(57(64,65)66)53(38)67-40-19-5-1-15-34(40)48-42(67)23-25-46-50(48)36-17-3-7-21-44(36)69-46/h1-29H. The number of rotatable bonds is 4. The van der Waals surface area contributed by atoms with Crippen LogP contribution in [0.3, 0.4) is 0 Å². The van der Waals surface area contributed by atoms with Crippen LogP contribution in [0.4, 0.5) is 39.5 Å². The second-order valence-electron chi connectivity index (χ2n) is 17.3. The van der Waals surface area contributed by atoms with Crippen LogP contribution >= 0.6 is 0 Å². The molecule has 0 atom stereocenters. The van der Waals surface area contributed by atoms with Crippen molar-refractivity contribution < 1.29 is 48.3 Å². The lowest BCUT2D eigenvalue weighted by atomic mass is 9.89. The second kappa shape index (κ2) is 14.5. The molecule has 13 aromatic rings. The predicted octanol–water partition coefficient (Wildman–Crippen LogP) is 18.1. The van der Waals surface area contributed by atoms with Crippen molar-refractivity contribution in [3.05, 3.63) is 193 Å². The smallest absolute Gasteiger partial charge is 0.420 e. The van der Waals surface area contributed by atoms with Gasteiger partial charge in [0.15, 0.2) is 0 Å². The molecule has 0 spiro atoms. The van der Waals surface area contributed by atoms with E-state index in [-0.39, 0.29) is 44.3 Å². The van der Waals surface area contributed by atoms with Crippen LogP contribution in [0.25, 0.3) is 121 Å². The highest BCUT2D eigenvalue weighted by Crippen LogP contribution is 2.53. The first-order chi connectivity index (χ1) is 33.6. The summed E-state index contributed by atoms with van der Waals surface area (Å²) in [6.45, 7) is 0. The molecule has 0 fully saturated rings.